The van der Waals surface area contributed by atoms with Crippen LogP contribution >= 0.6 is 0 Å². The Morgan fingerprint density at radius 2 is 1.91 bits per heavy atom. The maximum atomic E-state index is 5.68. The third-order valence-electron chi connectivity index (χ3n) is 6.60. The number of rotatable bonds is 4. The summed E-state index contributed by atoms with van der Waals surface area (Å²) >= 11 is 0. The molecule has 0 spiro atoms. The molecular weight excluding hydrogens is 440 g/mol. The lowest BCUT2D eigenvalue weighted by Gasteiger charge is -2.21. The van der Waals surface area contributed by atoms with Gasteiger partial charge >= 0.3 is 0 Å². The average Bonchev–Trinajstić information content (AvgIpc) is 3.70. The largest absolute Gasteiger partial charge is 0.346 e. The molecule has 7 rings (SSSR count). The van der Waals surface area contributed by atoms with Gasteiger partial charge in [-0.25, -0.2) is 4.98 Å². The predicted octanol–water partition coefficient (Wildman–Crippen LogP) is 4.68. The van der Waals surface area contributed by atoms with Crippen molar-refractivity contribution in [2.75, 3.05) is 13.2 Å². The lowest BCUT2D eigenvalue weighted by atomic mass is 9.88. The number of aromatic amines is 1. The molecule has 0 bridgehead atoms. The lowest BCUT2D eigenvalue weighted by molar-refractivity contribution is -0.00877. The first-order valence-electron chi connectivity index (χ1n) is 11.7. The Labute approximate surface area is 201 Å². The molecule has 5 aromatic rings. The van der Waals surface area contributed by atoms with Crippen LogP contribution in [0.2, 0.25) is 0 Å². The van der Waals surface area contributed by atoms with Crippen LogP contribution in [0.1, 0.15) is 18.0 Å². The van der Waals surface area contributed by atoms with Crippen LogP contribution in [0, 0.1) is 0 Å². The van der Waals surface area contributed by atoms with E-state index in [9.17, 15) is 0 Å². The maximum absolute atomic E-state index is 5.68. The summed E-state index contributed by atoms with van der Waals surface area (Å²) in [5, 5.41) is 9.88. The second-order valence-corrected chi connectivity index (χ2v) is 8.70. The summed E-state index contributed by atoms with van der Waals surface area (Å²) in [6.07, 6.45) is 12.5. The van der Waals surface area contributed by atoms with Gasteiger partial charge in [-0.05, 0) is 24.1 Å². The van der Waals surface area contributed by atoms with Crippen molar-refractivity contribution in [3.63, 3.8) is 0 Å². The van der Waals surface area contributed by atoms with Gasteiger partial charge in [0.15, 0.2) is 17.8 Å². The minimum absolute atomic E-state index is 0.148. The summed E-state index contributed by atoms with van der Waals surface area (Å²) in [5.41, 5.74) is 6.81. The third kappa shape index (κ3) is 3.46. The Morgan fingerprint density at radius 3 is 2.69 bits per heavy atom. The van der Waals surface area contributed by atoms with E-state index in [0.717, 1.165) is 51.1 Å². The van der Waals surface area contributed by atoms with Crippen LogP contribution < -0.4 is 0 Å². The van der Waals surface area contributed by atoms with Crippen molar-refractivity contribution < 1.29 is 9.47 Å². The number of fused-ring (bicyclic) bond motifs is 3. The van der Waals surface area contributed by atoms with Gasteiger partial charge in [-0.3, -0.25) is 9.38 Å². The highest BCUT2D eigenvalue weighted by atomic mass is 16.7. The maximum Gasteiger partial charge on any atom is 0.186 e. The fourth-order valence-electron chi connectivity index (χ4n) is 4.87. The summed E-state index contributed by atoms with van der Waals surface area (Å²) in [5.74, 6) is 0.864. The molecule has 1 atom stereocenters. The van der Waals surface area contributed by atoms with E-state index < -0.39 is 0 Å². The number of aromatic nitrogens is 6. The van der Waals surface area contributed by atoms with Gasteiger partial charge < -0.3 is 14.5 Å². The normalized spacial score (nSPS) is 18.5. The molecule has 172 valence electrons. The molecule has 1 aliphatic carbocycles. The predicted molar refractivity (Wildman–Crippen MR) is 132 cm³/mol. The number of hydrogen-bond donors (Lipinski definition) is 1. The van der Waals surface area contributed by atoms with Crippen molar-refractivity contribution >= 4 is 16.6 Å². The first-order chi connectivity index (χ1) is 17.3. The molecule has 4 aromatic heterocycles. The molecule has 35 heavy (non-hydrogen) atoms. The summed E-state index contributed by atoms with van der Waals surface area (Å²) in [6, 6.07) is 14.6. The Morgan fingerprint density at radius 1 is 1.03 bits per heavy atom. The molecule has 1 aliphatic heterocycles. The van der Waals surface area contributed by atoms with E-state index in [4.69, 9.17) is 14.5 Å². The molecule has 0 amide bonds. The van der Waals surface area contributed by atoms with Crippen LogP contribution in [-0.2, 0) is 9.47 Å². The number of benzene rings is 1. The van der Waals surface area contributed by atoms with Crippen LogP contribution in [0.5, 0.6) is 0 Å². The van der Waals surface area contributed by atoms with E-state index in [1.165, 1.54) is 0 Å². The summed E-state index contributed by atoms with van der Waals surface area (Å²) < 4.78 is 13.3. The number of nitrogens with zero attached hydrogens (tertiary/aromatic N) is 5. The Hall–Kier alpha value is -4.14. The number of pyridine rings is 2. The first-order valence-corrected chi connectivity index (χ1v) is 11.7. The minimum atomic E-state index is -0.254. The molecule has 8 heteroatoms. The van der Waals surface area contributed by atoms with Gasteiger partial charge in [-0.2, -0.15) is 0 Å². The molecule has 2 aliphatic rings. The topological polar surface area (TPSA) is 90.2 Å². The van der Waals surface area contributed by atoms with Crippen molar-refractivity contribution in [1.29, 1.82) is 0 Å². The minimum Gasteiger partial charge on any atom is -0.346 e. The average molecular weight is 463 g/mol. The standard InChI is InChI=1S/C27H22N6O2/c1-2-4-17(5-3-1)20-14-21-22(10-11-33-25(21)31-32-26(33)23-15-28-16-29-23)30-24(20)18-6-8-19(9-7-18)27-34-12-13-35-27/h1-6,8-11,14-16,18,27H,7,12-13H2,(H,28,29). The van der Waals surface area contributed by atoms with Crippen LogP contribution in [0.25, 0.3) is 39.2 Å². The van der Waals surface area contributed by atoms with Crippen LogP contribution in [0.3, 0.4) is 0 Å². The van der Waals surface area contributed by atoms with E-state index in [0.29, 0.717) is 19.0 Å². The summed E-state index contributed by atoms with van der Waals surface area (Å²) in [4.78, 5) is 12.4. The number of nitrogens with one attached hydrogen (secondary N) is 1. The van der Waals surface area contributed by atoms with Crippen molar-refractivity contribution in [3.05, 3.63) is 90.7 Å². The molecule has 8 nitrogen and oxygen atoms in total. The van der Waals surface area contributed by atoms with E-state index in [1.807, 2.05) is 22.7 Å². The zero-order valence-corrected chi connectivity index (χ0v) is 18.8. The summed E-state index contributed by atoms with van der Waals surface area (Å²) in [7, 11) is 0. The second kappa shape index (κ2) is 8.26. The van der Waals surface area contributed by atoms with Gasteiger partial charge in [0.25, 0.3) is 0 Å². The highest BCUT2D eigenvalue weighted by Crippen LogP contribution is 2.37. The molecule has 1 unspecified atom stereocenters. The molecule has 0 radical (unpaired) electrons. The van der Waals surface area contributed by atoms with Crippen molar-refractivity contribution in [2.45, 2.75) is 18.6 Å². The number of allylic oxidation sites excluding steroid dienone is 2. The van der Waals surface area contributed by atoms with E-state index >= 15 is 0 Å². The number of ether oxygens (including phenoxy) is 2. The van der Waals surface area contributed by atoms with Crippen LogP contribution in [-0.4, -0.2) is 49.1 Å². The molecule has 1 N–H and O–H groups in total. The Balaban J connectivity index is 1.36. The molecular formula is C27H22N6O2. The van der Waals surface area contributed by atoms with E-state index in [-0.39, 0.29) is 12.2 Å². The highest BCUT2D eigenvalue weighted by molar-refractivity contribution is 5.95. The van der Waals surface area contributed by atoms with Crippen LogP contribution in [0.15, 0.2) is 85.0 Å². The van der Waals surface area contributed by atoms with Gasteiger partial charge in [-0.1, -0.05) is 48.6 Å². The lowest BCUT2D eigenvalue weighted by Crippen LogP contribution is -2.13. The summed E-state index contributed by atoms with van der Waals surface area (Å²) in [6.45, 7) is 1.28. The number of hydrogen-bond acceptors (Lipinski definition) is 6. The fraction of sp³-hybridized carbons (Fsp3) is 0.185. The second-order valence-electron chi connectivity index (χ2n) is 8.70. The van der Waals surface area contributed by atoms with Gasteiger partial charge in [0.05, 0.1) is 36.9 Å². The Bertz CT molecular complexity index is 1580. The van der Waals surface area contributed by atoms with Gasteiger partial charge in [-0.15, -0.1) is 10.2 Å². The van der Waals surface area contributed by atoms with E-state index in [1.54, 1.807) is 12.5 Å². The number of imidazole rings is 1. The zero-order valence-electron chi connectivity index (χ0n) is 18.8. The van der Waals surface area contributed by atoms with Gasteiger partial charge in [0.2, 0.25) is 0 Å². The van der Waals surface area contributed by atoms with Gasteiger partial charge in [0.1, 0.15) is 5.69 Å². The number of H-pyrrole nitrogens is 1. The Kier molecular flexibility index (Phi) is 4.78. The monoisotopic (exact) mass is 462 g/mol. The fourth-order valence-corrected chi connectivity index (χ4v) is 4.87. The highest BCUT2D eigenvalue weighted by Gasteiger charge is 2.25. The third-order valence-corrected chi connectivity index (χ3v) is 6.60. The molecule has 0 saturated carbocycles. The van der Waals surface area contributed by atoms with E-state index in [2.05, 4.69) is 68.7 Å². The smallest absolute Gasteiger partial charge is 0.186 e. The molecule has 1 fully saturated rings. The molecule has 1 saturated heterocycles. The molecule has 1 aromatic carbocycles. The van der Waals surface area contributed by atoms with Crippen molar-refractivity contribution in [2.24, 2.45) is 0 Å². The first kappa shape index (κ1) is 20.3. The zero-order chi connectivity index (χ0) is 23.2. The van der Waals surface area contributed by atoms with Crippen molar-refractivity contribution in [3.8, 4) is 22.6 Å². The van der Waals surface area contributed by atoms with Crippen molar-refractivity contribution in [1.82, 2.24) is 29.5 Å². The van der Waals surface area contributed by atoms with Gasteiger partial charge in [0, 0.05) is 28.6 Å². The van der Waals surface area contributed by atoms with Crippen LogP contribution in [0.4, 0.5) is 0 Å². The quantitative estimate of drug-likeness (QED) is 0.417. The SMILES string of the molecule is C1=CC(c2nc3ccn4c(-c5cnc[nH]5)nnc4c3cc2-c2ccccc2)CC=C1C1OCCO1. The molecule has 5 heterocycles.